The zero-order valence-electron chi connectivity index (χ0n) is 14.4. The predicted octanol–water partition coefficient (Wildman–Crippen LogP) is 2.64. The molecule has 0 unspecified atom stereocenters. The first-order valence-corrected chi connectivity index (χ1v) is 9.09. The van der Waals surface area contributed by atoms with Gasteiger partial charge in [0.05, 0.1) is 11.0 Å². The number of benzene rings is 1. The topological polar surface area (TPSA) is 101 Å². The highest BCUT2D eigenvalue weighted by atomic mass is 32.2. The number of imidazole rings is 1. The van der Waals surface area contributed by atoms with Gasteiger partial charge >= 0.3 is 0 Å². The second-order valence-electron chi connectivity index (χ2n) is 5.59. The number of aromatic amines is 1. The maximum atomic E-state index is 11.7. The Morgan fingerprint density at radius 1 is 1.17 bits per heavy atom. The van der Waals surface area contributed by atoms with Crippen LogP contribution in [0.2, 0.25) is 0 Å². The lowest BCUT2D eigenvalue weighted by molar-refractivity contribution is -0.123. The quantitative estimate of drug-likeness (QED) is 0.638. The number of nitrogens with one attached hydrogen (secondary N) is 2. The molecule has 0 saturated heterocycles. The highest BCUT2D eigenvalue weighted by molar-refractivity contribution is 7.97. The van der Waals surface area contributed by atoms with Crippen molar-refractivity contribution in [2.24, 2.45) is 5.73 Å². The zero-order valence-corrected chi connectivity index (χ0v) is 15.2. The van der Waals surface area contributed by atoms with Crippen LogP contribution in [0.3, 0.4) is 0 Å². The van der Waals surface area contributed by atoms with Crippen LogP contribution in [0.15, 0.2) is 11.2 Å². The normalized spacial score (nSPS) is 11.0. The van der Waals surface area contributed by atoms with Crippen molar-refractivity contribution in [2.75, 3.05) is 0 Å². The van der Waals surface area contributed by atoms with Crippen molar-refractivity contribution in [3.05, 3.63) is 22.8 Å². The van der Waals surface area contributed by atoms with Crippen LogP contribution in [-0.4, -0.2) is 21.8 Å². The predicted molar refractivity (Wildman–Crippen MR) is 96.7 cm³/mol. The number of rotatable bonds is 8. The fourth-order valence-corrected chi connectivity index (χ4v) is 3.49. The molecule has 0 saturated carbocycles. The monoisotopic (exact) mass is 348 g/mol. The Kier molecular flexibility index (Phi) is 6.25. The van der Waals surface area contributed by atoms with Gasteiger partial charge in [-0.15, -0.1) is 0 Å². The van der Waals surface area contributed by atoms with Crippen molar-refractivity contribution in [1.29, 1.82) is 0 Å². The van der Waals surface area contributed by atoms with E-state index >= 15 is 0 Å². The van der Waals surface area contributed by atoms with E-state index in [1.165, 1.54) is 16.7 Å². The summed E-state index contributed by atoms with van der Waals surface area (Å²) < 4.78 is 2.69. The number of aromatic nitrogens is 2. The van der Waals surface area contributed by atoms with Crippen LogP contribution in [0.4, 0.5) is 0 Å². The average molecular weight is 348 g/mol. The molecule has 0 radical (unpaired) electrons. The van der Waals surface area contributed by atoms with Gasteiger partial charge in [-0.25, -0.2) is 4.98 Å². The average Bonchev–Trinajstić information content (AvgIpc) is 2.98. The maximum Gasteiger partial charge on any atom is 0.230 e. The van der Waals surface area contributed by atoms with Crippen LogP contribution in [0.1, 0.15) is 50.3 Å². The van der Waals surface area contributed by atoms with E-state index in [-0.39, 0.29) is 18.7 Å². The van der Waals surface area contributed by atoms with Gasteiger partial charge in [-0.05, 0) is 42.0 Å². The van der Waals surface area contributed by atoms with Gasteiger partial charge in [0.15, 0.2) is 5.16 Å². The molecule has 130 valence electrons. The van der Waals surface area contributed by atoms with Gasteiger partial charge in [0, 0.05) is 24.8 Å². The molecule has 0 aliphatic carbocycles. The Bertz CT molecular complexity index is 755. The van der Waals surface area contributed by atoms with Gasteiger partial charge in [-0.3, -0.25) is 14.3 Å². The van der Waals surface area contributed by atoms with Crippen molar-refractivity contribution >= 4 is 34.8 Å². The number of H-pyrrole nitrogens is 1. The number of carbonyl (C=O) groups is 2. The fourth-order valence-electron chi connectivity index (χ4n) is 2.87. The van der Waals surface area contributed by atoms with Crippen molar-refractivity contribution in [2.45, 2.75) is 58.0 Å². The van der Waals surface area contributed by atoms with E-state index in [1.807, 2.05) is 0 Å². The zero-order chi connectivity index (χ0) is 17.7. The summed E-state index contributed by atoms with van der Waals surface area (Å²) in [5, 5.41) is 0.641. The van der Waals surface area contributed by atoms with Crippen LogP contribution in [0.5, 0.6) is 0 Å². The summed E-state index contributed by atoms with van der Waals surface area (Å²) in [6.07, 6.45) is 3.03. The SMILES string of the molecule is CCc1cc2[nH]c(SNC(=O)CCC(N)=O)nc2c(CC)c1CC. The Morgan fingerprint density at radius 3 is 2.46 bits per heavy atom. The molecule has 4 N–H and O–H groups in total. The first-order chi connectivity index (χ1) is 11.5. The van der Waals surface area contributed by atoms with Gasteiger partial charge < -0.3 is 10.7 Å². The number of nitrogens with two attached hydrogens (primary N) is 1. The number of primary amides is 1. The summed E-state index contributed by atoms with van der Waals surface area (Å²) in [6, 6.07) is 2.15. The van der Waals surface area contributed by atoms with E-state index in [0.717, 1.165) is 42.2 Å². The fraction of sp³-hybridized carbons (Fsp3) is 0.471. The molecule has 0 aliphatic heterocycles. The molecule has 1 aromatic carbocycles. The summed E-state index contributed by atoms with van der Waals surface area (Å²) in [5.41, 5.74) is 11.0. The first kappa shape index (κ1) is 18.3. The minimum atomic E-state index is -0.481. The van der Waals surface area contributed by atoms with E-state index < -0.39 is 5.91 Å². The van der Waals surface area contributed by atoms with E-state index in [9.17, 15) is 9.59 Å². The molecule has 6 nitrogen and oxygen atoms in total. The molecule has 1 heterocycles. The molecule has 2 aromatic rings. The molecule has 0 aliphatic rings. The number of amides is 2. The van der Waals surface area contributed by atoms with Crippen molar-refractivity contribution < 1.29 is 9.59 Å². The second-order valence-corrected chi connectivity index (χ2v) is 6.38. The summed E-state index contributed by atoms with van der Waals surface area (Å²) in [7, 11) is 0. The molecule has 1 aromatic heterocycles. The largest absolute Gasteiger partial charge is 0.370 e. The molecule has 0 bridgehead atoms. The number of aryl methyl sites for hydroxylation is 2. The summed E-state index contributed by atoms with van der Waals surface area (Å²) in [5.74, 6) is -0.718. The number of fused-ring (bicyclic) bond motifs is 1. The van der Waals surface area contributed by atoms with Crippen molar-refractivity contribution in [1.82, 2.24) is 14.7 Å². The Labute approximate surface area is 146 Å². The molecule has 0 spiro atoms. The third kappa shape index (κ3) is 4.08. The lowest BCUT2D eigenvalue weighted by Gasteiger charge is -2.12. The highest BCUT2D eigenvalue weighted by Crippen LogP contribution is 2.28. The number of nitrogens with zero attached hydrogens (tertiary/aromatic N) is 1. The summed E-state index contributed by atoms with van der Waals surface area (Å²) >= 11 is 1.13. The third-order valence-corrected chi connectivity index (χ3v) is 4.73. The van der Waals surface area contributed by atoms with E-state index in [4.69, 9.17) is 5.73 Å². The number of hydrogen-bond donors (Lipinski definition) is 3. The molecule has 2 rings (SSSR count). The number of carbonyl (C=O) groups excluding carboxylic acids is 2. The maximum absolute atomic E-state index is 11.7. The van der Waals surface area contributed by atoms with Gasteiger partial charge in [-0.2, -0.15) is 0 Å². The van der Waals surface area contributed by atoms with E-state index in [0.29, 0.717) is 5.16 Å². The molecule has 2 amide bonds. The van der Waals surface area contributed by atoms with Crippen LogP contribution < -0.4 is 10.5 Å². The molecule has 0 fully saturated rings. The van der Waals surface area contributed by atoms with Crippen LogP contribution in [0, 0.1) is 0 Å². The Hall–Kier alpha value is -2.02. The smallest absolute Gasteiger partial charge is 0.230 e. The Balaban J connectivity index is 2.21. The van der Waals surface area contributed by atoms with Crippen molar-refractivity contribution in [3.63, 3.8) is 0 Å². The van der Waals surface area contributed by atoms with Crippen molar-refractivity contribution in [3.8, 4) is 0 Å². The van der Waals surface area contributed by atoms with E-state index in [1.54, 1.807) is 0 Å². The minimum absolute atomic E-state index is 0.0478. The van der Waals surface area contributed by atoms with Crippen LogP contribution >= 0.6 is 11.9 Å². The summed E-state index contributed by atoms with van der Waals surface area (Å²) in [4.78, 5) is 30.3. The third-order valence-electron chi connectivity index (χ3n) is 4.01. The van der Waals surface area contributed by atoms with Gasteiger partial charge in [-0.1, -0.05) is 20.8 Å². The van der Waals surface area contributed by atoms with Crippen LogP contribution in [-0.2, 0) is 28.9 Å². The second kappa shape index (κ2) is 8.19. The van der Waals surface area contributed by atoms with Crippen LogP contribution in [0.25, 0.3) is 11.0 Å². The standard InChI is InChI=1S/C17H24N4O2S/c1-4-10-9-13-16(12(6-3)11(10)5-2)20-17(19-13)24-21-15(23)8-7-14(18)22/h9H,4-8H2,1-3H3,(H2,18,22)(H,19,20)(H,21,23). The molecular formula is C17H24N4O2S. The number of hydrogen-bond acceptors (Lipinski definition) is 4. The molecular weight excluding hydrogens is 324 g/mol. The molecule has 0 atom stereocenters. The van der Waals surface area contributed by atoms with E-state index in [2.05, 4.69) is 41.5 Å². The van der Waals surface area contributed by atoms with Gasteiger partial charge in [0.25, 0.3) is 0 Å². The molecule has 7 heteroatoms. The van der Waals surface area contributed by atoms with Gasteiger partial charge in [0.2, 0.25) is 11.8 Å². The lowest BCUT2D eigenvalue weighted by atomic mass is 9.94. The molecule has 24 heavy (non-hydrogen) atoms. The Morgan fingerprint density at radius 2 is 1.88 bits per heavy atom. The highest BCUT2D eigenvalue weighted by Gasteiger charge is 2.15. The van der Waals surface area contributed by atoms with Gasteiger partial charge in [0.1, 0.15) is 0 Å². The minimum Gasteiger partial charge on any atom is -0.370 e. The summed E-state index contributed by atoms with van der Waals surface area (Å²) in [6.45, 7) is 6.46. The first-order valence-electron chi connectivity index (χ1n) is 8.27. The lowest BCUT2D eigenvalue weighted by Crippen LogP contribution is -2.19.